The number of halogens is 1. The van der Waals surface area contributed by atoms with E-state index < -0.39 is 0 Å². The molecular weight excluding hydrogens is 388 g/mol. The van der Waals surface area contributed by atoms with Crippen LogP contribution in [0.1, 0.15) is 6.92 Å². The average molecular weight is 413 g/mol. The maximum atomic E-state index is 12.9. The monoisotopic (exact) mass is 412 g/mol. The maximum Gasteiger partial charge on any atom is 0.200 e. The third-order valence-corrected chi connectivity index (χ3v) is 5.74. The van der Waals surface area contributed by atoms with Crippen LogP contribution in [-0.4, -0.2) is 55.7 Å². The zero-order valence-corrected chi connectivity index (χ0v) is 17.3. The second kappa shape index (κ2) is 8.99. The normalized spacial score (nSPS) is 15.7. The predicted octanol–water partition coefficient (Wildman–Crippen LogP) is 4.13. The van der Waals surface area contributed by atoms with Crippen LogP contribution >= 0.6 is 11.6 Å². The van der Waals surface area contributed by atoms with Gasteiger partial charge in [0.25, 0.3) is 0 Å². The molecule has 0 saturated carbocycles. The quantitative estimate of drug-likeness (QED) is 0.609. The lowest BCUT2D eigenvalue weighted by atomic mass is 10.1. The van der Waals surface area contributed by atoms with E-state index in [4.69, 9.17) is 20.8 Å². The molecule has 0 radical (unpaired) electrons. The largest absolute Gasteiger partial charge is 0.492 e. The minimum absolute atomic E-state index is 0.0612. The summed E-state index contributed by atoms with van der Waals surface area (Å²) in [6.07, 6.45) is 1.50. The van der Waals surface area contributed by atoms with Crippen molar-refractivity contribution in [3.05, 3.63) is 64.0 Å². The average Bonchev–Trinajstić information content (AvgIpc) is 2.75. The number of likely N-dealkylation sites (N-methyl/N-ethyl adjacent to an activating group) is 1. The smallest absolute Gasteiger partial charge is 0.200 e. The summed E-state index contributed by atoms with van der Waals surface area (Å²) in [5.74, 6) is 0.715. The summed E-state index contributed by atoms with van der Waals surface area (Å²) >= 11 is 5.94. The van der Waals surface area contributed by atoms with Crippen LogP contribution in [0, 0.1) is 0 Å². The van der Waals surface area contributed by atoms with Gasteiger partial charge in [-0.3, -0.25) is 9.69 Å². The minimum Gasteiger partial charge on any atom is -0.492 e. The molecule has 0 amide bonds. The Morgan fingerprint density at radius 3 is 2.48 bits per heavy atom. The van der Waals surface area contributed by atoms with Crippen molar-refractivity contribution in [3.8, 4) is 16.9 Å². The highest BCUT2D eigenvalue weighted by atomic mass is 35.5. The van der Waals surface area contributed by atoms with Crippen LogP contribution in [0.15, 0.2) is 57.9 Å². The van der Waals surface area contributed by atoms with Crippen LogP contribution < -0.4 is 10.2 Å². The molecule has 1 aliphatic heterocycles. The molecule has 0 aliphatic carbocycles. The number of ether oxygens (including phenoxy) is 1. The highest BCUT2D eigenvalue weighted by molar-refractivity contribution is 6.30. The third-order valence-electron chi connectivity index (χ3n) is 5.49. The van der Waals surface area contributed by atoms with Crippen molar-refractivity contribution < 1.29 is 9.15 Å². The van der Waals surface area contributed by atoms with Gasteiger partial charge in [0.2, 0.25) is 0 Å². The van der Waals surface area contributed by atoms with E-state index in [1.165, 1.54) is 6.26 Å². The van der Waals surface area contributed by atoms with E-state index in [0.29, 0.717) is 33.9 Å². The van der Waals surface area contributed by atoms with Crippen LogP contribution in [0.5, 0.6) is 5.75 Å². The molecule has 5 nitrogen and oxygen atoms in total. The fourth-order valence-electron chi connectivity index (χ4n) is 3.65. The molecule has 1 aromatic heterocycles. The van der Waals surface area contributed by atoms with Gasteiger partial charge in [0, 0.05) is 43.8 Å². The van der Waals surface area contributed by atoms with Gasteiger partial charge < -0.3 is 14.1 Å². The van der Waals surface area contributed by atoms with Gasteiger partial charge >= 0.3 is 0 Å². The SMILES string of the molecule is CCN1CCN(CCOc2ccc3c(=O)c(-c4ccc(Cl)cc4)coc3c2)CC1. The highest BCUT2D eigenvalue weighted by Gasteiger charge is 2.15. The number of benzene rings is 2. The number of hydrogen-bond acceptors (Lipinski definition) is 5. The van der Waals surface area contributed by atoms with Crippen molar-refractivity contribution in [2.75, 3.05) is 45.9 Å². The van der Waals surface area contributed by atoms with Crippen LogP contribution in [0.4, 0.5) is 0 Å². The van der Waals surface area contributed by atoms with Gasteiger partial charge in [0.05, 0.1) is 10.9 Å². The lowest BCUT2D eigenvalue weighted by molar-refractivity contribution is 0.121. The van der Waals surface area contributed by atoms with Crippen molar-refractivity contribution in [1.29, 1.82) is 0 Å². The minimum atomic E-state index is -0.0612. The maximum absolute atomic E-state index is 12.9. The van der Waals surface area contributed by atoms with Crippen molar-refractivity contribution in [1.82, 2.24) is 9.80 Å². The highest BCUT2D eigenvalue weighted by Crippen LogP contribution is 2.24. The van der Waals surface area contributed by atoms with Gasteiger partial charge in [-0.05, 0) is 36.4 Å². The van der Waals surface area contributed by atoms with Crippen LogP contribution in [0.3, 0.4) is 0 Å². The summed E-state index contributed by atoms with van der Waals surface area (Å²) in [6, 6.07) is 12.6. The van der Waals surface area contributed by atoms with E-state index in [1.54, 1.807) is 24.3 Å². The lowest BCUT2D eigenvalue weighted by Crippen LogP contribution is -2.47. The zero-order chi connectivity index (χ0) is 20.2. The topological polar surface area (TPSA) is 45.9 Å². The van der Waals surface area contributed by atoms with Crippen LogP contribution in [-0.2, 0) is 0 Å². The van der Waals surface area contributed by atoms with E-state index in [0.717, 1.165) is 44.8 Å². The van der Waals surface area contributed by atoms with Gasteiger partial charge in [0.1, 0.15) is 24.2 Å². The van der Waals surface area contributed by atoms with Gasteiger partial charge in [-0.2, -0.15) is 0 Å². The van der Waals surface area contributed by atoms with E-state index in [-0.39, 0.29) is 5.43 Å². The van der Waals surface area contributed by atoms with Gasteiger partial charge in [-0.15, -0.1) is 0 Å². The Bertz CT molecular complexity index is 1020. The molecule has 4 rings (SSSR count). The molecular formula is C23H25ClN2O3. The summed E-state index contributed by atoms with van der Waals surface area (Å²) < 4.78 is 11.6. The summed E-state index contributed by atoms with van der Waals surface area (Å²) in [4.78, 5) is 17.7. The molecule has 0 unspecified atom stereocenters. The van der Waals surface area contributed by atoms with Crippen molar-refractivity contribution in [3.63, 3.8) is 0 Å². The predicted molar refractivity (Wildman–Crippen MR) is 117 cm³/mol. The van der Waals surface area contributed by atoms with Crippen molar-refractivity contribution >= 4 is 22.6 Å². The van der Waals surface area contributed by atoms with Gasteiger partial charge in [0.15, 0.2) is 5.43 Å². The molecule has 0 N–H and O–H groups in total. The number of hydrogen-bond donors (Lipinski definition) is 0. The molecule has 152 valence electrons. The van der Waals surface area contributed by atoms with Gasteiger partial charge in [-0.25, -0.2) is 0 Å². The Morgan fingerprint density at radius 2 is 1.76 bits per heavy atom. The van der Waals surface area contributed by atoms with Crippen LogP contribution in [0.2, 0.25) is 5.02 Å². The molecule has 1 saturated heterocycles. The fourth-order valence-corrected chi connectivity index (χ4v) is 3.77. The molecule has 2 heterocycles. The molecule has 2 aromatic carbocycles. The summed E-state index contributed by atoms with van der Waals surface area (Å²) in [5, 5.41) is 1.17. The molecule has 6 heteroatoms. The van der Waals surface area contributed by atoms with Crippen LogP contribution in [0.25, 0.3) is 22.1 Å². The molecule has 0 atom stereocenters. The zero-order valence-electron chi connectivity index (χ0n) is 16.6. The fraction of sp³-hybridized carbons (Fsp3) is 0.348. The van der Waals surface area contributed by atoms with Crippen molar-refractivity contribution in [2.45, 2.75) is 6.92 Å². The molecule has 0 spiro atoms. The first-order chi connectivity index (χ1) is 14.1. The first-order valence-electron chi connectivity index (χ1n) is 10.0. The second-order valence-corrected chi connectivity index (χ2v) is 7.70. The number of fused-ring (bicyclic) bond motifs is 1. The van der Waals surface area contributed by atoms with Gasteiger partial charge in [-0.1, -0.05) is 30.7 Å². The van der Waals surface area contributed by atoms with E-state index >= 15 is 0 Å². The molecule has 1 aliphatic rings. The summed E-state index contributed by atoms with van der Waals surface area (Å²) in [7, 11) is 0. The Labute approximate surface area is 175 Å². The Morgan fingerprint density at radius 1 is 1.03 bits per heavy atom. The molecule has 29 heavy (non-hydrogen) atoms. The van der Waals surface area contributed by atoms with E-state index in [1.807, 2.05) is 18.2 Å². The standard InChI is InChI=1S/C23H25ClN2O3/c1-2-25-9-11-26(12-10-25)13-14-28-19-7-8-20-22(15-19)29-16-21(23(20)27)17-3-5-18(24)6-4-17/h3-8,15-16H,2,9-14H2,1H3. The number of piperazine rings is 1. The Balaban J connectivity index is 1.42. The number of nitrogens with zero attached hydrogens (tertiary/aromatic N) is 2. The first kappa shape index (κ1) is 20.0. The first-order valence-corrected chi connectivity index (χ1v) is 10.4. The summed E-state index contributed by atoms with van der Waals surface area (Å²) in [5.41, 5.74) is 1.78. The lowest BCUT2D eigenvalue weighted by Gasteiger charge is -2.33. The third kappa shape index (κ3) is 4.64. The Hall–Kier alpha value is -2.34. The second-order valence-electron chi connectivity index (χ2n) is 7.27. The molecule has 3 aromatic rings. The molecule has 1 fully saturated rings. The summed E-state index contributed by atoms with van der Waals surface area (Å²) in [6.45, 7) is 9.23. The van der Waals surface area contributed by atoms with E-state index in [9.17, 15) is 4.79 Å². The Kier molecular flexibility index (Phi) is 6.19. The molecule has 0 bridgehead atoms. The van der Waals surface area contributed by atoms with E-state index in [2.05, 4.69) is 16.7 Å². The van der Waals surface area contributed by atoms with Crippen molar-refractivity contribution in [2.24, 2.45) is 0 Å². The number of rotatable bonds is 6.